The zero-order valence-corrected chi connectivity index (χ0v) is 10.9. The van der Waals surface area contributed by atoms with Crippen LogP contribution in [0.4, 0.5) is 0 Å². The van der Waals surface area contributed by atoms with E-state index in [1.165, 1.54) is 5.57 Å². The van der Waals surface area contributed by atoms with E-state index in [0.717, 1.165) is 37.4 Å². The van der Waals surface area contributed by atoms with Crippen LogP contribution in [-0.2, 0) is 15.5 Å². The summed E-state index contributed by atoms with van der Waals surface area (Å²) in [7, 11) is -0.624. The van der Waals surface area contributed by atoms with Crippen molar-refractivity contribution < 1.29 is 8.95 Å². The molecule has 0 aromatic heterocycles. The van der Waals surface area contributed by atoms with Crippen molar-refractivity contribution in [2.45, 2.75) is 40.0 Å². The maximum Gasteiger partial charge on any atom is 0.0938 e. The van der Waals surface area contributed by atoms with Crippen molar-refractivity contribution in [2.75, 3.05) is 18.1 Å². The van der Waals surface area contributed by atoms with Crippen molar-refractivity contribution in [3.05, 3.63) is 11.8 Å². The Kier molecular flexibility index (Phi) is 4.84. The van der Waals surface area contributed by atoms with Crippen LogP contribution in [0.15, 0.2) is 11.8 Å². The average molecular weight is 230 g/mol. The molecule has 0 spiro atoms. The van der Waals surface area contributed by atoms with Gasteiger partial charge in [0.05, 0.1) is 12.9 Å². The largest absolute Gasteiger partial charge is 0.501 e. The third kappa shape index (κ3) is 3.98. The van der Waals surface area contributed by atoms with Crippen molar-refractivity contribution in [2.24, 2.45) is 5.41 Å². The highest BCUT2D eigenvalue weighted by atomic mass is 32.2. The number of allylic oxidation sites excluding steroid dienone is 1. The number of rotatable bonds is 4. The second-order valence-corrected chi connectivity index (χ2v) is 6.33. The Bertz CT molecular complexity index is 256. The van der Waals surface area contributed by atoms with Gasteiger partial charge in [-0.2, -0.15) is 0 Å². The van der Waals surface area contributed by atoms with Gasteiger partial charge in [0.2, 0.25) is 0 Å². The molecule has 88 valence electrons. The van der Waals surface area contributed by atoms with Gasteiger partial charge < -0.3 is 4.74 Å². The number of hydrogen-bond donors (Lipinski definition) is 0. The van der Waals surface area contributed by atoms with Crippen LogP contribution in [0.2, 0.25) is 0 Å². The summed E-state index contributed by atoms with van der Waals surface area (Å²) in [5, 5.41) is 0. The molecule has 0 aliphatic carbocycles. The zero-order valence-electron chi connectivity index (χ0n) is 10.0. The standard InChI is InChI=1S/C12H22O2S/c1-4-12(9-14-8-11(2)3)6-5-7-15(13)10-12/h8H,4-7,9-10H2,1-3H3. The molecule has 2 unspecified atom stereocenters. The molecule has 0 radical (unpaired) electrons. The molecule has 15 heavy (non-hydrogen) atoms. The van der Waals surface area contributed by atoms with Crippen LogP contribution in [0.5, 0.6) is 0 Å². The lowest BCUT2D eigenvalue weighted by Gasteiger charge is -2.35. The second-order valence-electron chi connectivity index (χ2n) is 4.75. The van der Waals surface area contributed by atoms with E-state index in [1.54, 1.807) is 0 Å². The monoisotopic (exact) mass is 230 g/mol. The van der Waals surface area contributed by atoms with Crippen molar-refractivity contribution in [1.82, 2.24) is 0 Å². The van der Waals surface area contributed by atoms with Gasteiger partial charge in [0.25, 0.3) is 0 Å². The van der Waals surface area contributed by atoms with E-state index >= 15 is 0 Å². The van der Waals surface area contributed by atoms with Gasteiger partial charge >= 0.3 is 0 Å². The van der Waals surface area contributed by atoms with Gasteiger partial charge in [-0.15, -0.1) is 0 Å². The normalized spacial score (nSPS) is 31.0. The van der Waals surface area contributed by atoms with Crippen molar-refractivity contribution >= 4 is 10.8 Å². The summed E-state index contributed by atoms with van der Waals surface area (Å²) in [6.07, 6.45) is 5.12. The van der Waals surface area contributed by atoms with Crippen molar-refractivity contribution in [3.8, 4) is 0 Å². The average Bonchev–Trinajstić information content (AvgIpc) is 2.17. The summed E-state index contributed by atoms with van der Waals surface area (Å²) < 4.78 is 17.2. The van der Waals surface area contributed by atoms with E-state index in [-0.39, 0.29) is 5.41 Å². The van der Waals surface area contributed by atoms with E-state index in [4.69, 9.17) is 4.74 Å². The Hall–Kier alpha value is -0.310. The van der Waals surface area contributed by atoms with Gasteiger partial charge in [0.1, 0.15) is 0 Å². The first-order valence-electron chi connectivity index (χ1n) is 5.68. The molecule has 0 N–H and O–H groups in total. The summed E-state index contributed by atoms with van der Waals surface area (Å²) in [4.78, 5) is 0. The molecule has 0 saturated carbocycles. The third-order valence-corrected chi connectivity index (χ3v) is 4.68. The summed E-state index contributed by atoms with van der Waals surface area (Å²) >= 11 is 0. The fraction of sp³-hybridized carbons (Fsp3) is 0.833. The third-order valence-electron chi connectivity index (χ3n) is 3.00. The molecule has 1 fully saturated rings. The number of hydrogen-bond acceptors (Lipinski definition) is 2. The lowest BCUT2D eigenvalue weighted by Crippen LogP contribution is -2.36. The smallest absolute Gasteiger partial charge is 0.0938 e. The topological polar surface area (TPSA) is 26.3 Å². The summed E-state index contributed by atoms with van der Waals surface area (Å²) in [6.45, 7) is 6.95. The van der Waals surface area contributed by atoms with Crippen molar-refractivity contribution in [3.63, 3.8) is 0 Å². The molecule has 1 aliphatic rings. The lowest BCUT2D eigenvalue weighted by atomic mass is 9.83. The van der Waals surface area contributed by atoms with Gasteiger partial charge in [-0.25, -0.2) is 0 Å². The maximum absolute atomic E-state index is 11.6. The van der Waals surface area contributed by atoms with Crippen LogP contribution in [0.1, 0.15) is 40.0 Å². The van der Waals surface area contributed by atoms with Gasteiger partial charge in [-0.3, -0.25) is 4.21 Å². The van der Waals surface area contributed by atoms with E-state index in [9.17, 15) is 4.21 Å². The van der Waals surface area contributed by atoms with E-state index in [0.29, 0.717) is 0 Å². The van der Waals surface area contributed by atoms with Crippen LogP contribution < -0.4 is 0 Å². The molecule has 0 aromatic rings. The lowest BCUT2D eigenvalue weighted by molar-refractivity contribution is 0.109. The van der Waals surface area contributed by atoms with Crippen LogP contribution in [-0.4, -0.2) is 22.3 Å². The first-order chi connectivity index (χ1) is 7.08. The molecule has 2 nitrogen and oxygen atoms in total. The number of ether oxygens (including phenoxy) is 1. The summed E-state index contributed by atoms with van der Waals surface area (Å²) in [6, 6.07) is 0. The molecule has 1 saturated heterocycles. The van der Waals surface area contributed by atoms with Gasteiger partial charge in [0, 0.05) is 27.7 Å². The van der Waals surface area contributed by atoms with Crippen LogP contribution in [0.3, 0.4) is 0 Å². The van der Waals surface area contributed by atoms with Crippen LogP contribution in [0.25, 0.3) is 0 Å². The Morgan fingerprint density at radius 1 is 1.53 bits per heavy atom. The highest BCUT2D eigenvalue weighted by molar-refractivity contribution is 7.85. The molecule has 1 rings (SSSR count). The molecular weight excluding hydrogens is 208 g/mol. The minimum atomic E-state index is -0.624. The minimum Gasteiger partial charge on any atom is -0.501 e. The first-order valence-corrected chi connectivity index (χ1v) is 7.17. The van der Waals surface area contributed by atoms with Gasteiger partial charge in [0.15, 0.2) is 0 Å². The van der Waals surface area contributed by atoms with Gasteiger partial charge in [-0.1, -0.05) is 6.92 Å². The predicted octanol–water partition coefficient (Wildman–Crippen LogP) is 2.87. The zero-order chi connectivity index (χ0) is 11.3. The van der Waals surface area contributed by atoms with E-state index in [1.807, 2.05) is 20.1 Å². The molecule has 2 atom stereocenters. The first kappa shape index (κ1) is 12.8. The summed E-state index contributed by atoms with van der Waals surface area (Å²) in [5.41, 5.74) is 1.34. The second kappa shape index (κ2) is 5.69. The Balaban J connectivity index is 2.52. The molecule has 0 bridgehead atoms. The van der Waals surface area contributed by atoms with Crippen LogP contribution in [0, 0.1) is 5.41 Å². The molecule has 3 heteroatoms. The maximum atomic E-state index is 11.6. The van der Waals surface area contributed by atoms with E-state index in [2.05, 4.69) is 6.92 Å². The Morgan fingerprint density at radius 3 is 2.80 bits per heavy atom. The minimum absolute atomic E-state index is 0.162. The summed E-state index contributed by atoms with van der Waals surface area (Å²) in [5.74, 6) is 1.70. The Labute approximate surface area is 95.5 Å². The predicted molar refractivity (Wildman–Crippen MR) is 65.2 cm³/mol. The molecule has 0 aromatic carbocycles. The SMILES string of the molecule is CCC1(COC=C(C)C)CCCS(=O)C1. The fourth-order valence-electron chi connectivity index (χ4n) is 1.97. The van der Waals surface area contributed by atoms with Crippen molar-refractivity contribution in [1.29, 1.82) is 0 Å². The quantitative estimate of drug-likeness (QED) is 0.694. The molecular formula is C12H22O2S. The highest BCUT2D eigenvalue weighted by Gasteiger charge is 2.34. The molecule has 1 heterocycles. The Morgan fingerprint density at radius 2 is 2.27 bits per heavy atom. The van der Waals surface area contributed by atoms with Crippen LogP contribution >= 0.6 is 0 Å². The van der Waals surface area contributed by atoms with E-state index < -0.39 is 10.8 Å². The fourth-order valence-corrected chi connectivity index (χ4v) is 3.70. The highest BCUT2D eigenvalue weighted by Crippen LogP contribution is 2.33. The molecule has 0 amide bonds. The molecule has 1 aliphatic heterocycles. The van der Waals surface area contributed by atoms with Gasteiger partial charge in [-0.05, 0) is 38.7 Å².